The zero-order valence-corrected chi connectivity index (χ0v) is 6.04. The standard InChI is InChI=1S/C9H8N2.H2/c1-2-7-3-5-10-9-8(7)4-6-11-9;/h2-6H,1H2,(H,10,11);1H. The summed E-state index contributed by atoms with van der Waals surface area (Å²) in [7, 11) is 0. The zero-order chi connectivity index (χ0) is 7.68. The topological polar surface area (TPSA) is 28.7 Å². The SMILES string of the molecule is C=Cc1ccnc2[nH]ccc12.[HH]. The summed E-state index contributed by atoms with van der Waals surface area (Å²) >= 11 is 0. The molecule has 0 saturated carbocycles. The van der Waals surface area contributed by atoms with Crippen LogP contribution in [0.25, 0.3) is 17.1 Å². The third-order valence-corrected chi connectivity index (χ3v) is 1.71. The fraction of sp³-hybridized carbons (Fsp3) is 0. The van der Waals surface area contributed by atoms with Gasteiger partial charge in [-0.3, -0.25) is 0 Å². The highest BCUT2D eigenvalue weighted by molar-refractivity contribution is 5.85. The van der Waals surface area contributed by atoms with Crippen LogP contribution in [-0.4, -0.2) is 9.97 Å². The molecule has 0 unspecified atom stereocenters. The van der Waals surface area contributed by atoms with E-state index in [4.69, 9.17) is 0 Å². The molecule has 0 atom stereocenters. The van der Waals surface area contributed by atoms with Gasteiger partial charge in [-0.15, -0.1) is 0 Å². The van der Waals surface area contributed by atoms with Crippen molar-refractivity contribution in [3.05, 3.63) is 36.7 Å². The lowest BCUT2D eigenvalue weighted by Gasteiger charge is -1.92. The van der Waals surface area contributed by atoms with Crippen molar-refractivity contribution < 1.29 is 1.43 Å². The van der Waals surface area contributed by atoms with Crippen LogP contribution in [0.2, 0.25) is 0 Å². The predicted octanol–water partition coefficient (Wildman–Crippen LogP) is 2.45. The first-order valence-electron chi connectivity index (χ1n) is 3.46. The van der Waals surface area contributed by atoms with E-state index in [1.807, 2.05) is 24.4 Å². The van der Waals surface area contributed by atoms with Gasteiger partial charge in [0.05, 0.1) is 0 Å². The Kier molecular flexibility index (Phi) is 1.25. The Bertz CT molecular complexity index is 392. The summed E-state index contributed by atoms with van der Waals surface area (Å²) in [6.45, 7) is 3.72. The summed E-state index contributed by atoms with van der Waals surface area (Å²) < 4.78 is 0. The van der Waals surface area contributed by atoms with Gasteiger partial charge in [0.2, 0.25) is 0 Å². The molecule has 2 aromatic heterocycles. The van der Waals surface area contributed by atoms with Crippen molar-refractivity contribution in [2.45, 2.75) is 0 Å². The van der Waals surface area contributed by atoms with E-state index in [0.29, 0.717) is 0 Å². The number of fused-ring (bicyclic) bond motifs is 1. The number of rotatable bonds is 1. The molecule has 0 saturated heterocycles. The van der Waals surface area contributed by atoms with Crippen molar-refractivity contribution in [3.63, 3.8) is 0 Å². The molecule has 0 aromatic carbocycles. The van der Waals surface area contributed by atoms with Crippen molar-refractivity contribution in [2.24, 2.45) is 0 Å². The molecule has 0 aliphatic rings. The lowest BCUT2D eigenvalue weighted by molar-refractivity contribution is 1.32. The minimum Gasteiger partial charge on any atom is -0.346 e. The lowest BCUT2D eigenvalue weighted by atomic mass is 10.2. The van der Waals surface area contributed by atoms with E-state index in [2.05, 4.69) is 16.5 Å². The van der Waals surface area contributed by atoms with Crippen LogP contribution in [0.15, 0.2) is 31.1 Å². The van der Waals surface area contributed by atoms with E-state index < -0.39 is 0 Å². The Labute approximate surface area is 66.1 Å². The summed E-state index contributed by atoms with van der Waals surface area (Å²) in [6, 6.07) is 3.95. The average Bonchev–Trinajstić information content (AvgIpc) is 2.50. The summed E-state index contributed by atoms with van der Waals surface area (Å²) in [5.74, 6) is 0. The first-order valence-corrected chi connectivity index (χ1v) is 3.46. The van der Waals surface area contributed by atoms with Crippen molar-refractivity contribution >= 4 is 17.1 Å². The van der Waals surface area contributed by atoms with Crippen LogP contribution in [0, 0.1) is 0 Å². The van der Waals surface area contributed by atoms with Crippen LogP contribution in [0.1, 0.15) is 6.99 Å². The Balaban J connectivity index is 0.000000720. The minimum atomic E-state index is 0. The van der Waals surface area contributed by atoms with Crippen molar-refractivity contribution in [2.75, 3.05) is 0 Å². The molecule has 11 heavy (non-hydrogen) atoms. The van der Waals surface area contributed by atoms with Gasteiger partial charge < -0.3 is 4.98 Å². The molecule has 2 heteroatoms. The molecule has 56 valence electrons. The number of aromatic nitrogens is 2. The molecular formula is C9H10N2. The highest BCUT2D eigenvalue weighted by Gasteiger charge is 1.96. The second kappa shape index (κ2) is 2.23. The van der Waals surface area contributed by atoms with E-state index in [9.17, 15) is 0 Å². The van der Waals surface area contributed by atoms with E-state index in [1.165, 1.54) is 0 Å². The molecule has 2 aromatic rings. The van der Waals surface area contributed by atoms with Crippen LogP contribution in [0.4, 0.5) is 0 Å². The van der Waals surface area contributed by atoms with Gasteiger partial charge >= 0.3 is 0 Å². The van der Waals surface area contributed by atoms with Crippen LogP contribution >= 0.6 is 0 Å². The number of hydrogen-bond donors (Lipinski definition) is 1. The number of nitrogens with one attached hydrogen (secondary N) is 1. The summed E-state index contributed by atoms with van der Waals surface area (Å²) in [5.41, 5.74) is 2.04. The fourth-order valence-corrected chi connectivity index (χ4v) is 1.16. The van der Waals surface area contributed by atoms with Gasteiger partial charge in [-0.25, -0.2) is 4.98 Å². The summed E-state index contributed by atoms with van der Waals surface area (Å²) in [4.78, 5) is 7.18. The first-order chi connectivity index (χ1) is 5.42. The van der Waals surface area contributed by atoms with Crippen LogP contribution in [0.5, 0.6) is 0 Å². The Morgan fingerprint density at radius 2 is 2.45 bits per heavy atom. The Morgan fingerprint density at radius 3 is 3.27 bits per heavy atom. The molecule has 0 amide bonds. The number of nitrogens with zero attached hydrogens (tertiary/aromatic N) is 1. The average molecular weight is 146 g/mol. The Hall–Kier alpha value is -1.57. The van der Waals surface area contributed by atoms with Gasteiger partial charge in [-0.1, -0.05) is 12.7 Å². The lowest BCUT2D eigenvalue weighted by Crippen LogP contribution is -1.77. The molecule has 0 aliphatic heterocycles. The maximum atomic E-state index is 4.15. The van der Waals surface area contributed by atoms with E-state index in [1.54, 1.807) is 6.20 Å². The maximum Gasteiger partial charge on any atom is 0.137 e. The molecule has 0 fully saturated rings. The van der Waals surface area contributed by atoms with Crippen molar-refractivity contribution in [1.29, 1.82) is 0 Å². The van der Waals surface area contributed by atoms with Gasteiger partial charge in [-0.05, 0) is 17.7 Å². The first kappa shape index (κ1) is 6.16. The Morgan fingerprint density at radius 1 is 1.55 bits per heavy atom. The molecule has 2 rings (SSSR count). The van der Waals surface area contributed by atoms with Crippen molar-refractivity contribution in [3.8, 4) is 0 Å². The predicted molar refractivity (Wildman–Crippen MR) is 48.3 cm³/mol. The van der Waals surface area contributed by atoms with Crippen molar-refractivity contribution in [1.82, 2.24) is 9.97 Å². The quantitative estimate of drug-likeness (QED) is 0.657. The van der Waals surface area contributed by atoms with Crippen LogP contribution < -0.4 is 0 Å². The molecular weight excluding hydrogens is 136 g/mol. The molecule has 1 N–H and O–H groups in total. The zero-order valence-electron chi connectivity index (χ0n) is 6.04. The number of aromatic amines is 1. The third-order valence-electron chi connectivity index (χ3n) is 1.71. The molecule has 2 heterocycles. The second-order valence-electron chi connectivity index (χ2n) is 2.34. The van der Waals surface area contributed by atoms with E-state index in [0.717, 1.165) is 16.6 Å². The largest absolute Gasteiger partial charge is 0.346 e. The van der Waals surface area contributed by atoms with Gasteiger partial charge in [0.15, 0.2) is 0 Å². The summed E-state index contributed by atoms with van der Waals surface area (Å²) in [5, 5.41) is 1.13. The smallest absolute Gasteiger partial charge is 0.137 e. The highest BCUT2D eigenvalue weighted by Crippen LogP contribution is 2.15. The third kappa shape index (κ3) is 0.835. The molecule has 0 bridgehead atoms. The molecule has 0 radical (unpaired) electrons. The highest BCUT2D eigenvalue weighted by atomic mass is 14.8. The van der Waals surface area contributed by atoms with E-state index >= 15 is 0 Å². The molecule has 0 spiro atoms. The van der Waals surface area contributed by atoms with Gasteiger partial charge in [-0.2, -0.15) is 0 Å². The minimum absolute atomic E-state index is 0. The number of pyridine rings is 1. The number of H-pyrrole nitrogens is 1. The van der Waals surface area contributed by atoms with Crippen LogP contribution in [0.3, 0.4) is 0 Å². The summed E-state index contributed by atoms with van der Waals surface area (Å²) in [6.07, 6.45) is 5.48. The molecule has 0 aliphatic carbocycles. The van der Waals surface area contributed by atoms with E-state index in [-0.39, 0.29) is 1.43 Å². The van der Waals surface area contributed by atoms with Gasteiger partial charge in [0.1, 0.15) is 5.65 Å². The normalized spacial score (nSPS) is 10.2. The van der Waals surface area contributed by atoms with Crippen LogP contribution in [-0.2, 0) is 0 Å². The maximum absolute atomic E-state index is 4.15. The number of hydrogen-bond acceptors (Lipinski definition) is 1. The molecule has 2 nitrogen and oxygen atoms in total. The second-order valence-corrected chi connectivity index (χ2v) is 2.34. The fourth-order valence-electron chi connectivity index (χ4n) is 1.16. The van der Waals surface area contributed by atoms with Gasteiger partial charge in [0, 0.05) is 19.2 Å². The van der Waals surface area contributed by atoms with Gasteiger partial charge in [0.25, 0.3) is 0 Å². The monoisotopic (exact) mass is 146 g/mol.